The molecule has 2 aromatic heterocycles. The zero-order valence-corrected chi connectivity index (χ0v) is 13.0. The number of aromatic nitrogens is 3. The smallest absolute Gasteiger partial charge is 0.357 e. The molecule has 0 saturated carbocycles. The Hall–Kier alpha value is -3.60. The highest BCUT2D eigenvalue weighted by atomic mass is 16.5. The first-order valence-corrected chi connectivity index (χ1v) is 6.95. The lowest BCUT2D eigenvalue weighted by Gasteiger charge is -2.09. The van der Waals surface area contributed by atoms with Gasteiger partial charge in [-0.2, -0.15) is 10.2 Å². The summed E-state index contributed by atoms with van der Waals surface area (Å²) in [5, 5.41) is 12.9. The van der Waals surface area contributed by atoms with Crippen molar-refractivity contribution in [2.24, 2.45) is 0 Å². The third-order valence-electron chi connectivity index (χ3n) is 3.44. The van der Waals surface area contributed by atoms with Gasteiger partial charge >= 0.3 is 5.97 Å². The number of nitrogen functional groups attached to an aromatic ring is 1. The molecule has 0 atom stereocenters. The second-order valence-electron chi connectivity index (χ2n) is 4.98. The van der Waals surface area contributed by atoms with Gasteiger partial charge in [-0.15, -0.1) is 0 Å². The molecule has 0 radical (unpaired) electrons. The lowest BCUT2D eigenvalue weighted by molar-refractivity contribution is 0.0593. The van der Waals surface area contributed by atoms with Crippen molar-refractivity contribution in [2.45, 2.75) is 6.92 Å². The molecule has 3 aromatic rings. The largest absolute Gasteiger partial charge is 0.464 e. The summed E-state index contributed by atoms with van der Waals surface area (Å²) >= 11 is 0. The number of nitrogens with zero attached hydrogens (tertiary/aromatic N) is 4. The van der Waals surface area contributed by atoms with E-state index in [1.807, 2.05) is 6.07 Å². The highest BCUT2D eigenvalue weighted by molar-refractivity contribution is 5.96. The van der Waals surface area contributed by atoms with Crippen LogP contribution < -0.4 is 5.73 Å². The zero-order chi connectivity index (χ0) is 17.3. The van der Waals surface area contributed by atoms with Crippen molar-refractivity contribution in [1.29, 1.82) is 5.26 Å². The van der Waals surface area contributed by atoms with E-state index in [1.165, 1.54) is 17.9 Å². The van der Waals surface area contributed by atoms with Gasteiger partial charge in [0.05, 0.1) is 18.4 Å². The Morgan fingerprint density at radius 1 is 1.46 bits per heavy atom. The van der Waals surface area contributed by atoms with E-state index in [9.17, 15) is 4.79 Å². The Kier molecular flexibility index (Phi) is 3.75. The molecule has 1 aromatic carbocycles. The molecular formula is C16H13N5O3. The lowest BCUT2D eigenvalue weighted by Crippen LogP contribution is -2.11. The van der Waals surface area contributed by atoms with Crippen molar-refractivity contribution < 1.29 is 14.1 Å². The van der Waals surface area contributed by atoms with Crippen LogP contribution in [-0.4, -0.2) is 27.8 Å². The third kappa shape index (κ3) is 2.48. The molecular weight excluding hydrogens is 310 g/mol. The Labute approximate surface area is 137 Å². The maximum atomic E-state index is 12.0. The van der Waals surface area contributed by atoms with Gasteiger partial charge in [0.2, 0.25) is 0 Å². The molecule has 0 fully saturated rings. The van der Waals surface area contributed by atoms with E-state index in [4.69, 9.17) is 20.3 Å². The molecule has 0 unspecified atom stereocenters. The van der Waals surface area contributed by atoms with Crippen LogP contribution in [-0.2, 0) is 4.74 Å². The fourth-order valence-corrected chi connectivity index (χ4v) is 2.32. The lowest BCUT2D eigenvalue weighted by atomic mass is 10.2. The van der Waals surface area contributed by atoms with Gasteiger partial charge in [0.1, 0.15) is 6.07 Å². The average Bonchev–Trinajstić information content (AvgIpc) is 3.17. The number of esters is 1. The predicted molar refractivity (Wildman–Crippen MR) is 84.3 cm³/mol. The maximum absolute atomic E-state index is 12.0. The molecule has 8 nitrogen and oxygen atoms in total. The number of nitrogens with two attached hydrogens (primary N) is 1. The SMILES string of the molecule is COC(=O)c1c(N)c(C#N)cn1-c1cccc(-c2nc(C)no2)c1. The third-order valence-corrected chi connectivity index (χ3v) is 3.44. The number of nitriles is 1. The number of carbonyl (C=O) groups is 1. The van der Waals surface area contributed by atoms with Gasteiger partial charge in [0, 0.05) is 17.4 Å². The number of rotatable bonds is 3. The molecule has 2 heterocycles. The van der Waals surface area contributed by atoms with Crippen molar-refractivity contribution >= 4 is 11.7 Å². The Morgan fingerprint density at radius 3 is 2.88 bits per heavy atom. The molecule has 0 aliphatic heterocycles. The Morgan fingerprint density at radius 2 is 2.25 bits per heavy atom. The number of anilines is 1. The summed E-state index contributed by atoms with van der Waals surface area (Å²) in [6.07, 6.45) is 1.49. The van der Waals surface area contributed by atoms with Gasteiger partial charge in [-0.3, -0.25) is 0 Å². The number of hydrogen-bond donors (Lipinski definition) is 1. The fraction of sp³-hybridized carbons (Fsp3) is 0.125. The molecule has 2 N–H and O–H groups in total. The second-order valence-corrected chi connectivity index (χ2v) is 4.98. The molecule has 8 heteroatoms. The minimum Gasteiger partial charge on any atom is -0.464 e. The minimum absolute atomic E-state index is 0.0726. The van der Waals surface area contributed by atoms with Gasteiger partial charge in [-0.1, -0.05) is 11.2 Å². The van der Waals surface area contributed by atoms with Crippen LogP contribution in [0.3, 0.4) is 0 Å². The summed E-state index contributed by atoms with van der Waals surface area (Å²) in [5.74, 6) is 0.241. The van der Waals surface area contributed by atoms with Crippen molar-refractivity contribution in [3.05, 3.63) is 47.5 Å². The zero-order valence-electron chi connectivity index (χ0n) is 13.0. The van der Waals surface area contributed by atoms with E-state index >= 15 is 0 Å². The first-order chi connectivity index (χ1) is 11.5. The molecule has 0 spiro atoms. The Bertz CT molecular complexity index is 964. The van der Waals surface area contributed by atoms with E-state index in [-0.39, 0.29) is 16.9 Å². The average molecular weight is 323 g/mol. The standard InChI is InChI=1S/C16H13N5O3/c1-9-19-15(24-20-9)10-4-3-5-12(6-10)21-8-11(7-17)13(18)14(21)16(22)23-2/h3-6,8H,18H2,1-2H3. The molecule has 0 bridgehead atoms. The number of carbonyl (C=O) groups excluding carboxylic acids is 1. The van der Waals surface area contributed by atoms with Crippen LogP contribution in [0, 0.1) is 18.3 Å². The summed E-state index contributed by atoms with van der Waals surface area (Å²) < 4.78 is 11.4. The molecule has 0 amide bonds. The van der Waals surface area contributed by atoms with Crippen LogP contribution in [0.25, 0.3) is 17.1 Å². The first kappa shape index (κ1) is 15.3. The molecule has 0 saturated heterocycles. The summed E-state index contributed by atoms with van der Waals surface area (Å²) in [6, 6.07) is 9.04. The topological polar surface area (TPSA) is 120 Å². The molecule has 24 heavy (non-hydrogen) atoms. The van der Waals surface area contributed by atoms with Crippen molar-refractivity contribution in [2.75, 3.05) is 12.8 Å². The van der Waals surface area contributed by atoms with Gasteiger partial charge in [-0.25, -0.2) is 4.79 Å². The van der Waals surface area contributed by atoms with Gasteiger partial charge < -0.3 is 19.6 Å². The van der Waals surface area contributed by atoms with Crippen LogP contribution in [0.15, 0.2) is 35.0 Å². The number of benzene rings is 1. The number of hydrogen-bond acceptors (Lipinski definition) is 7. The highest BCUT2D eigenvalue weighted by Crippen LogP contribution is 2.27. The van der Waals surface area contributed by atoms with Crippen LogP contribution in [0.1, 0.15) is 21.9 Å². The van der Waals surface area contributed by atoms with E-state index in [2.05, 4.69) is 10.1 Å². The summed E-state index contributed by atoms with van der Waals surface area (Å²) in [5.41, 5.74) is 7.53. The predicted octanol–water partition coefficient (Wildman–Crippen LogP) is 2.08. The summed E-state index contributed by atoms with van der Waals surface area (Å²) in [7, 11) is 1.25. The van der Waals surface area contributed by atoms with Crippen LogP contribution in [0.2, 0.25) is 0 Å². The molecule has 3 rings (SSSR count). The molecule has 0 aliphatic carbocycles. The summed E-state index contributed by atoms with van der Waals surface area (Å²) in [4.78, 5) is 16.2. The van der Waals surface area contributed by atoms with Gasteiger partial charge in [0.15, 0.2) is 11.5 Å². The highest BCUT2D eigenvalue weighted by Gasteiger charge is 2.22. The maximum Gasteiger partial charge on any atom is 0.357 e. The van der Waals surface area contributed by atoms with Gasteiger partial charge in [-0.05, 0) is 25.1 Å². The Balaban J connectivity index is 2.16. The molecule has 120 valence electrons. The number of aryl methyl sites for hydroxylation is 1. The van der Waals surface area contributed by atoms with Gasteiger partial charge in [0.25, 0.3) is 5.89 Å². The second kappa shape index (κ2) is 5.89. The van der Waals surface area contributed by atoms with Crippen LogP contribution >= 0.6 is 0 Å². The van der Waals surface area contributed by atoms with E-state index in [0.29, 0.717) is 23.0 Å². The van der Waals surface area contributed by atoms with E-state index in [1.54, 1.807) is 31.2 Å². The van der Waals surface area contributed by atoms with Crippen LogP contribution in [0.4, 0.5) is 5.69 Å². The van der Waals surface area contributed by atoms with Crippen LogP contribution in [0.5, 0.6) is 0 Å². The van der Waals surface area contributed by atoms with Crippen molar-refractivity contribution in [3.63, 3.8) is 0 Å². The normalized spacial score (nSPS) is 10.4. The number of methoxy groups -OCH3 is 1. The summed E-state index contributed by atoms with van der Waals surface area (Å²) in [6.45, 7) is 1.72. The minimum atomic E-state index is -0.631. The molecule has 0 aliphatic rings. The fourth-order valence-electron chi connectivity index (χ4n) is 2.32. The first-order valence-electron chi connectivity index (χ1n) is 6.95. The number of ether oxygens (including phenoxy) is 1. The van der Waals surface area contributed by atoms with Crippen molar-refractivity contribution in [1.82, 2.24) is 14.7 Å². The van der Waals surface area contributed by atoms with Crippen molar-refractivity contribution in [3.8, 4) is 23.2 Å². The quantitative estimate of drug-likeness (QED) is 0.732. The monoisotopic (exact) mass is 323 g/mol. The van der Waals surface area contributed by atoms with E-state index < -0.39 is 5.97 Å². The van der Waals surface area contributed by atoms with E-state index in [0.717, 1.165) is 0 Å².